The van der Waals surface area contributed by atoms with E-state index in [-0.39, 0.29) is 12.2 Å². The first-order chi connectivity index (χ1) is 17.3. The highest BCUT2D eigenvalue weighted by atomic mass is 32.1. The van der Waals surface area contributed by atoms with Crippen molar-refractivity contribution in [1.29, 1.82) is 0 Å². The van der Waals surface area contributed by atoms with E-state index in [1.54, 1.807) is 0 Å². The highest BCUT2D eigenvalue weighted by molar-refractivity contribution is 7.08. The van der Waals surface area contributed by atoms with Crippen molar-refractivity contribution in [3.8, 4) is 0 Å². The lowest BCUT2D eigenvalue weighted by Gasteiger charge is -2.23. The molecule has 2 nitrogen and oxygen atoms in total. The van der Waals surface area contributed by atoms with Crippen LogP contribution in [-0.2, 0) is 9.47 Å². The van der Waals surface area contributed by atoms with Crippen LogP contribution in [0.2, 0.25) is 0 Å². The molecule has 2 unspecified atom stereocenters. The molecule has 0 bridgehead atoms. The number of thiophene rings is 1. The lowest BCUT2D eigenvalue weighted by Crippen LogP contribution is -2.12. The molecule has 0 radical (unpaired) electrons. The van der Waals surface area contributed by atoms with Gasteiger partial charge in [0, 0.05) is 13.2 Å². The summed E-state index contributed by atoms with van der Waals surface area (Å²) in [7, 11) is 0. The molecule has 1 aromatic rings. The summed E-state index contributed by atoms with van der Waals surface area (Å²) >= 11 is 1.83. The van der Waals surface area contributed by atoms with Crippen molar-refractivity contribution in [1.82, 2.24) is 0 Å². The molecule has 0 aliphatic carbocycles. The molecule has 1 heterocycles. The number of rotatable bonds is 26. The SMILES string of the molecule is CCCCCCCCCCOC(CCC)c1cscc1C(CCC)OCCCCCCCCCC. The zero-order chi connectivity index (χ0) is 25.4. The van der Waals surface area contributed by atoms with Crippen LogP contribution in [0.15, 0.2) is 10.8 Å². The topological polar surface area (TPSA) is 18.5 Å². The van der Waals surface area contributed by atoms with Crippen molar-refractivity contribution in [3.63, 3.8) is 0 Å². The van der Waals surface area contributed by atoms with Gasteiger partial charge in [-0.2, -0.15) is 11.3 Å². The van der Waals surface area contributed by atoms with Crippen molar-refractivity contribution in [3.05, 3.63) is 21.9 Å². The first kappa shape index (κ1) is 32.6. The summed E-state index contributed by atoms with van der Waals surface area (Å²) in [6.07, 6.45) is 26.6. The van der Waals surface area contributed by atoms with Gasteiger partial charge < -0.3 is 9.47 Å². The van der Waals surface area contributed by atoms with Crippen LogP contribution < -0.4 is 0 Å². The Bertz CT molecular complexity index is 509. The third-order valence-corrected chi connectivity index (χ3v) is 7.93. The van der Waals surface area contributed by atoms with E-state index in [0.717, 1.165) is 38.9 Å². The van der Waals surface area contributed by atoms with E-state index in [1.165, 1.54) is 114 Å². The van der Waals surface area contributed by atoms with Gasteiger partial charge in [-0.1, -0.05) is 130 Å². The monoisotopic (exact) mass is 508 g/mol. The molecule has 0 fully saturated rings. The summed E-state index contributed by atoms with van der Waals surface area (Å²) in [4.78, 5) is 0. The summed E-state index contributed by atoms with van der Waals surface area (Å²) < 4.78 is 13.0. The quantitative estimate of drug-likeness (QED) is 0.116. The fraction of sp³-hybridized carbons (Fsp3) is 0.875. The van der Waals surface area contributed by atoms with Crippen molar-refractivity contribution >= 4 is 11.3 Å². The average Bonchev–Trinajstić information content (AvgIpc) is 3.35. The molecule has 0 aromatic carbocycles. The predicted octanol–water partition coefficient (Wildman–Crippen LogP) is 11.7. The Morgan fingerprint density at radius 1 is 0.486 bits per heavy atom. The summed E-state index contributed by atoms with van der Waals surface area (Å²) in [6, 6.07) is 0. The van der Waals surface area contributed by atoms with Crippen LogP contribution in [0.3, 0.4) is 0 Å². The zero-order valence-electron chi connectivity index (χ0n) is 24.1. The first-order valence-corrected chi connectivity index (χ1v) is 16.5. The normalized spacial score (nSPS) is 13.4. The van der Waals surface area contributed by atoms with Crippen LogP contribution in [0.1, 0.15) is 179 Å². The second kappa shape index (κ2) is 24.0. The van der Waals surface area contributed by atoms with Gasteiger partial charge in [0.2, 0.25) is 0 Å². The first-order valence-electron chi connectivity index (χ1n) is 15.6. The van der Waals surface area contributed by atoms with Crippen LogP contribution >= 0.6 is 11.3 Å². The molecule has 0 spiro atoms. The van der Waals surface area contributed by atoms with E-state index in [9.17, 15) is 0 Å². The number of unbranched alkanes of at least 4 members (excludes halogenated alkanes) is 14. The van der Waals surface area contributed by atoms with Gasteiger partial charge in [-0.15, -0.1) is 0 Å². The molecule has 1 aromatic heterocycles. The Kier molecular flexibility index (Phi) is 22.4. The molecule has 0 saturated carbocycles. The van der Waals surface area contributed by atoms with Crippen LogP contribution in [0, 0.1) is 0 Å². The third-order valence-electron chi connectivity index (χ3n) is 7.15. The Morgan fingerprint density at radius 3 is 1.17 bits per heavy atom. The number of ether oxygens (including phenoxy) is 2. The van der Waals surface area contributed by atoms with E-state index >= 15 is 0 Å². The maximum atomic E-state index is 6.49. The fourth-order valence-corrected chi connectivity index (χ4v) is 5.88. The maximum Gasteiger partial charge on any atom is 0.0836 e. The van der Waals surface area contributed by atoms with Gasteiger partial charge >= 0.3 is 0 Å². The molecule has 0 saturated heterocycles. The maximum absolute atomic E-state index is 6.49. The molecular formula is C32H60O2S. The van der Waals surface area contributed by atoms with E-state index in [1.807, 2.05) is 11.3 Å². The summed E-state index contributed by atoms with van der Waals surface area (Å²) in [5, 5.41) is 4.68. The van der Waals surface area contributed by atoms with Crippen LogP contribution in [-0.4, -0.2) is 13.2 Å². The average molecular weight is 509 g/mol. The lowest BCUT2D eigenvalue weighted by molar-refractivity contribution is 0.0279. The van der Waals surface area contributed by atoms with Gasteiger partial charge in [0.1, 0.15) is 0 Å². The minimum absolute atomic E-state index is 0.233. The van der Waals surface area contributed by atoms with Crippen LogP contribution in [0.4, 0.5) is 0 Å². The van der Waals surface area contributed by atoms with Crippen LogP contribution in [0.5, 0.6) is 0 Å². The van der Waals surface area contributed by atoms with Gasteiger partial charge in [-0.3, -0.25) is 0 Å². The predicted molar refractivity (Wildman–Crippen MR) is 157 cm³/mol. The molecule has 0 aliphatic heterocycles. The van der Waals surface area contributed by atoms with E-state index in [2.05, 4.69) is 38.5 Å². The minimum atomic E-state index is 0.233. The third kappa shape index (κ3) is 16.2. The summed E-state index contributed by atoms with van der Waals surface area (Å²) in [5.41, 5.74) is 2.82. The molecule has 0 N–H and O–H groups in total. The van der Waals surface area contributed by atoms with Gasteiger partial charge in [0.15, 0.2) is 0 Å². The highest BCUT2D eigenvalue weighted by Gasteiger charge is 2.22. The molecule has 206 valence electrons. The van der Waals surface area contributed by atoms with Crippen molar-refractivity contribution in [2.45, 2.75) is 168 Å². The fourth-order valence-electron chi connectivity index (χ4n) is 4.94. The molecular weight excluding hydrogens is 448 g/mol. The Hall–Kier alpha value is -0.380. The van der Waals surface area contributed by atoms with E-state index in [0.29, 0.717) is 0 Å². The van der Waals surface area contributed by atoms with Crippen molar-refractivity contribution < 1.29 is 9.47 Å². The Labute approximate surface area is 224 Å². The smallest absolute Gasteiger partial charge is 0.0836 e. The highest BCUT2D eigenvalue weighted by Crippen LogP contribution is 2.36. The van der Waals surface area contributed by atoms with Gasteiger partial charge in [0.05, 0.1) is 12.2 Å². The standard InChI is InChI=1S/C32H60O2S/c1-5-9-11-13-15-17-19-21-25-33-31(23-7-3)29-27-35-28-30(29)32(24-8-4)34-26-22-20-18-16-14-12-10-6-2/h27-28,31-32H,5-26H2,1-4H3. The number of hydrogen-bond acceptors (Lipinski definition) is 3. The van der Waals surface area contributed by atoms with Crippen LogP contribution in [0.25, 0.3) is 0 Å². The lowest BCUT2D eigenvalue weighted by atomic mass is 9.98. The molecule has 35 heavy (non-hydrogen) atoms. The van der Waals surface area contributed by atoms with E-state index < -0.39 is 0 Å². The van der Waals surface area contributed by atoms with E-state index in [4.69, 9.17) is 9.47 Å². The largest absolute Gasteiger partial charge is 0.373 e. The molecule has 3 heteroatoms. The second-order valence-electron chi connectivity index (χ2n) is 10.5. The zero-order valence-corrected chi connectivity index (χ0v) is 24.9. The Balaban J connectivity index is 2.43. The molecule has 0 aliphatic rings. The van der Waals surface area contributed by atoms with Crippen molar-refractivity contribution in [2.75, 3.05) is 13.2 Å². The summed E-state index contributed by atoms with van der Waals surface area (Å²) in [6.45, 7) is 10.9. The molecule has 2 atom stereocenters. The summed E-state index contributed by atoms with van der Waals surface area (Å²) in [5.74, 6) is 0. The molecule has 0 amide bonds. The van der Waals surface area contributed by atoms with Gasteiger partial charge in [-0.25, -0.2) is 0 Å². The Morgan fingerprint density at radius 2 is 0.829 bits per heavy atom. The second-order valence-corrected chi connectivity index (χ2v) is 11.3. The van der Waals surface area contributed by atoms with Gasteiger partial charge in [-0.05, 0) is 47.6 Å². The van der Waals surface area contributed by atoms with Crippen molar-refractivity contribution in [2.24, 2.45) is 0 Å². The van der Waals surface area contributed by atoms with Gasteiger partial charge in [0.25, 0.3) is 0 Å². The number of hydrogen-bond donors (Lipinski definition) is 0. The molecule has 1 rings (SSSR count). The minimum Gasteiger partial charge on any atom is -0.373 e.